The molecular formula is C17H22FN5O2. The summed E-state index contributed by atoms with van der Waals surface area (Å²) in [7, 11) is 0. The molecule has 8 heteroatoms. The highest BCUT2D eigenvalue weighted by molar-refractivity contribution is 5.89. The van der Waals surface area contributed by atoms with Crippen molar-refractivity contribution in [3.8, 4) is 0 Å². The molecule has 2 aromatic rings. The summed E-state index contributed by atoms with van der Waals surface area (Å²) in [6.07, 6.45) is 2.65. The fourth-order valence-electron chi connectivity index (χ4n) is 2.85. The van der Waals surface area contributed by atoms with Gasteiger partial charge in [-0.25, -0.2) is 9.18 Å². The number of aryl methyl sites for hydroxylation is 1. The van der Waals surface area contributed by atoms with Crippen LogP contribution in [0.15, 0.2) is 28.8 Å². The Balaban J connectivity index is 1.44. The van der Waals surface area contributed by atoms with Crippen molar-refractivity contribution in [2.24, 2.45) is 0 Å². The Labute approximate surface area is 145 Å². The van der Waals surface area contributed by atoms with E-state index in [4.69, 9.17) is 4.52 Å². The fraction of sp³-hybridized carbons (Fsp3) is 0.471. The van der Waals surface area contributed by atoms with Gasteiger partial charge in [0.2, 0.25) is 5.89 Å². The molecule has 1 atom stereocenters. The molecule has 0 aliphatic carbocycles. The van der Waals surface area contributed by atoms with E-state index < -0.39 is 0 Å². The lowest BCUT2D eigenvalue weighted by Gasteiger charge is -2.15. The van der Waals surface area contributed by atoms with Crippen molar-refractivity contribution in [1.29, 1.82) is 0 Å². The van der Waals surface area contributed by atoms with E-state index in [1.807, 2.05) is 0 Å². The second kappa shape index (κ2) is 8.06. The van der Waals surface area contributed by atoms with Gasteiger partial charge in [0.1, 0.15) is 5.82 Å². The van der Waals surface area contributed by atoms with Gasteiger partial charge in [-0.2, -0.15) is 4.98 Å². The highest BCUT2D eigenvalue weighted by Gasteiger charge is 2.25. The smallest absolute Gasteiger partial charge is 0.319 e. The first-order chi connectivity index (χ1) is 12.1. The maximum atomic E-state index is 12.9. The average molecular weight is 347 g/mol. The Morgan fingerprint density at radius 1 is 1.40 bits per heavy atom. The van der Waals surface area contributed by atoms with Crippen LogP contribution in [0.4, 0.5) is 14.9 Å². The van der Waals surface area contributed by atoms with Crippen LogP contribution in [0.2, 0.25) is 0 Å². The molecule has 3 rings (SSSR count). The summed E-state index contributed by atoms with van der Waals surface area (Å²) >= 11 is 0. The second-order valence-corrected chi connectivity index (χ2v) is 6.18. The lowest BCUT2D eigenvalue weighted by atomic mass is 10.3. The number of aromatic nitrogens is 2. The number of amides is 2. The van der Waals surface area contributed by atoms with Gasteiger partial charge < -0.3 is 15.2 Å². The van der Waals surface area contributed by atoms with Crippen molar-refractivity contribution in [3.05, 3.63) is 41.8 Å². The first-order valence-electron chi connectivity index (χ1n) is 8.49. The molecule has 1 aromatic heterocycles. The molecule has 1 fully saturated rings. The van der Waals surface area contributed by atoms with Crippen molar-refractivity contribution < 1.29 is 13.7 Å². The summed E-state index contributed by atoms with van der Waals surface area (Å²) in [6.45, 7) is 4.24. The lowest BCUT2D eigenvalue weighted by molar-refractivity contribution is 0.244. The van der Waals surface area contributed by atoms with Crippen LogP contribution >= 0.6 is 0 Å². The van der Waals surface area contributed by atoms with Crippen molar-refractivity contribution in [2.75, 3.05) is 18.4 Å². The van der Waals surface area contributed by atoms with E-state index in [9.17, 15) is 9.18 Å². The van der Waals surface area contributed by atoms with E-state index in [-0.39, 0.29) is 17.9 Å². The van der Waals surface area contributed by atoms with Crippen LogP contribution in [0.5, 0.6) is 0 Å². The minimum Gasteiger partial charge on any atom is -0.338 e. The molecule has 2 heterocycles. The van der Waals surface area contributed by atoms with E-state index in [1.54, 1.807) is 0 Å². The minimum atomic E-state index is -0.333. The van der Waals surface area contributed by atoms with Crippen LogP contribution in [0.25, 0.3) is 0 Å². The molecule has 1 aromatic carbocycles. The molecule has 134 valence electrons. The summed E-state index contributed by atoms with van der Waals surface area (Å²) < 4.78 is 18.1. The van der Waals surface area contributed by atoms with E-state index in [2.05, 4.69) is 32.6 Å². The van der Waals surface area contributed by atoms with Gasteiger partial charge in [-0.3, -0.25) is 4.90 Å². The highest BCUT2D eigenvalue weighted by Crippen LogP contribution is 2.14. The lowest BCUT2D eigenvalue weighted by Crippen LogP contribution is -2.39. The molecule has 2 N–H and O–H groups in total. The summed E-state index contributed by atoms with van der Waals surface area (Å²) in [5, 5.41) is 9.58. The number of carbonyl (C=O) groups is 1. The number of urea groups is 1. The van der Waals surface area contributed by atoms with Crippen LogP contribution in [-0.2, 0) is 13.0 Å². The van der Waals surface area contributed by atoms with Crippen LogP contribution in [0, 0.1) is 5.82 Å². The molecule has 25 heavy (non-hydrogen) atoms. The molecule has 0 spiro atoms. The highest BCUT2D eigenvalue weighted by atomic mass is 19.1. The fourth-order valence-corrected chi connectivity index (χ4v) is 2.85. The van der Waals surface area contributed by atoms with Gasteiger partial charge in [0, 0.05) is 31.2 Å². The number of hydrogen-bond acceptors (Lipinski definition) is 5. The summed E-state index contributed by atoms with van der Waals surface area (Å²) in [5.41, 5.74) is 0.558. The molecule has 0 bridgehead atoms. The number of likely N-dealkylation sites (tertiary alicyclic amines) is 1. The normalized spacial score (nSPS) is 17.6. The maximum Gasteiger partial charge on any atom is 0.319 e. The summed E-state index contributed by atoms with van der Waals surface area (Å²) in [6, 6.07) is 5.44. The van der Waals surface area contributed by atoms with Gasteiger partial charge in [0.15, 0.2) is 5.82 Å². The predicted octanol–water partition coefficient (Wildman–Crippen LogP) is 2.56. The van der Waals surface area contributed by atoms with Gasteiger partial charge in [0.05, 0.1) is 6.54 Å². The van der Waals surface area contributed by atoms with Gasteiger partial charge in [0.25, 0.3) is 0 Å². The second-order valence-electron chi connectivity index (χ2n) is 6.18. The van der Waals surface area contributed by atoms with Crippen molar-refractivity contribution in [1.82, 2.24) is 20.4 Å². The summed E-state index contributed by atoms with van der Waals surface area (Å²) in [4.78, 5) is 18.6. The Hall–Kier alpha value is -2.48. The van der Waals surface area contributed by atoms with E-state index in [1.165, 1.54) is 24.3 Å². The maximum absolute atomic E-state index is 12.9. The van der Waals surface area contributed by atoms with Crippen LogP contribution < -0.4 is 10.6 Å². The van der Waals surface area contributed by atoms with E-state index in [0.29, 0.717) is 18.1 Å². The Bertz CT molecular complexity index is 703. The monoisotopic (exact) mass is 347 g/mol. The van der Waals surface area contributed by atoms with E-state index in [0.717, 1.165) is 38.2 Å². The number of benzene rings is 1. The zero-order valence-corrected chi connectivity index (χ0v) is 14.2. The van der Waals surface area contributed by atoms with Gasteiger partial charge >= 0.3 is 6.03 Å². The van der Waals surface area contributed by atoms with Crippen molar-refractivity contribution in [2.45, 2.75) is 38.8 Å². The molecule has 7 nitrogen and oxygen atoms in total. The molecular weight excluding hydrogens is 325 g/mol. The topological polar surface area (TPSA) is 83.3 Å². The molecule has 0 unspecified atom stereocenters. The molecule has 0 radical (unpaired) electrons. The van der Waals surface area contributed by atoms with Crippen LogP contribution in [0.3, 0.4) is 0 Å². The van der Waals surface area contributed by atoms with Gasteiger partial charge in [-0.15, -0.1) is 0 Å². The number of rotatable bonds is 6. The SMILES string of the molecule is CCCc1noc(CN2CC[C@H](NC(=O)Nc3ccc(F)cc3)C2)n1. The zero-order valence-electron chi connectivity index (χ0n) is 14.2. The largest absolute Gasteiger partial charge is 0.338 e. The predicted molar refractivity (Wildman–Crippen MR) is 90.5 cm³/mol. The molecule has 1 saturated heterocycles. The van der Waals surface area contributed by atoms with Gasteiger partial charge in [-0.05, 0) is 37.1 Å². The van der Waals surface area contributed by atoms with Crippen LogP contribution in [0.1, 0.15) is 31.5 Å². The van der Waals surface area contributed by atoms with Crippen molar-refractivity contribution in [3.63, 3.8) is 0 Å². The zero-order chi connectivity index (χ0) is 17.6. The third-order valence-corrected chi connectivity index (χ3v) is 4.05. The van der Waals surface area contributed by atoms with E-state index >= 15 is 0 Å². The number of anilines is 1. The number of halogens is 1. The number of carbonyl (C=O) groups excluding carboxylic acids is 1. The first kappa shape index (κ1) is 17.3. The average Bonchev–Trinajstić information content (AvgIpc) is 3.20. The molecule has 2 amide bonds. The Morgan fingerprint density at radius 2 is 2.20 bits per heavy atom. The Kier molecular flexibility index (Phi) is 5.60. The summed E-state index contributed by atoms with van der Waals surface area (Å²) in [5.74, 6) is 1.02. The molecule has 0 saturated carbocycles. The Morgan fingerprint density at radius 3 is 2.96 bits per heavy atom. The third-order valence-electron chi connectivity index (χ3n) is 4.05. The quantitative estimate of drug-likeness (QED) is 0.839. The van der Waals surface area contributed by atoms with Crippen LogP contribution in [-0.4, -0.2) is 40.2 Å². The third kappa shape index (κ3) is 4.99. The van der Waals surface area contributed by atoms with Gasteiger partial charge in [-0.1, -0.05) is 12.1 Å². The number of nitrogens with one attached hydrogen (secondary N) is 2. The number of hydrogen-bond donors (Lipinski definition) is 2. The molecule has 1 aliphatic heterocycles. The van der Waals surface area contributed by atoms with Crippen molar-refractivity contribution >= 4 is 11.7 Å². The molecule has 1 aliphatic rings. The standard InChI is InChI=1S/C17H22FN5O2/c1-2-3-15-21-16(25-22-15)11-23-9-8-14(10-23)20-17(24)19-13-6-4-12(18)5-7-13/h4-7,14H,2-3,8-11H2,1H3,(H2,19,20,24)/t14-/m0/s1. The number of nitrogens with zero attached hydrogens (tertiary/aromatic N) is 3. The first-order valence-corrected chi connectivity index (χ1v) is 8.49. The minimum absolute atomic E-state index is 0.0542.